The third kappa shape index (κ3) is 4.18. The number of hydrogen-bond donors (Lipinski definition) is 1. The van der Waals surface area contributed by atoms with E-state index in [4.69, 9.17) is 9.52 Å². The van der Waals surface area contributed by atoms with Crippen molar-refractivity contribution in [3.8, 4) is 11.3 Å². The molecule has 3 aromatic carbocycles. The Balaban J connectivity index is 1.34. The summed E-state index contributed by atoms with van der Waals surface area (Å²) >= 11 is 0.883. The second kappa shape index (κ2) is 8.44. The third-order valence-electron chi connectivity index (χ3n) is 5.34. The highest BCUT2D eigenvalue weighted by Crippen LogP contribution is 2.34. The van der Waals surface area contributed by atoms with Crippen LogP contribution in [-0.2, 0) is 11.3 Å². The van der Waals surface area contributed by atoms with Gasteiger partial charge in [0.15, 0.2) is 0 Å². The molecule has 1 aromatic heterocycles. The van der Waals surface area contributed by atoms with Gasteiger partial charge in [-0.15, -0.1) is 0 Å². The zero-order chi connectivity index (χ0) is 22.9. The second-order valence-corrected chi connectivity index (χ2v) is 8.53. The summed E-state index contributed by atoms with van der Waals surface area (Å²) in [5.74, 6) is -0.389. The maximum Gasteiger partial charge on any atom is 0.335 e. The van der Waals surface area contributed by atoms with Crippen molar-refractivity contribution in [1.29, 1.82) is 0 Å². The Morgan fingerprint density at radius 1 is 0.939 bits per heavy atom. The molecule has 0 unspecified atom stereocenters. The first kappa shape index (κ1) is 20.8. The van der Waals surface area contributed by atoms with Crippen LogP contribution in [0.3, 0.4) is 0 Å². The number of carboxylic acid groups (broad SMARTS) is 1. The van der Waals surface area contributed by atoms with E-state index < -0.39 is 5.97 Å². The minimum Gasteiger partial charge on any atom is -0.478 e. The van der Waals surface area contributed by atoms with Crippen LogP contribution in [-0.4, -0.2) is 27.1 Å². The minimum absolute atomic E-state index is 0.186. The average molecular weight is 455 g/mol. The molecule has 1 N–H and O–H groups in total. The third-order valence-corrected chi connectivity index (χ3v) is 6.25. The normalized spacial score (nSPS) is 15.0. The Kier molecular flexibility index (Phi) is 5.32. The topological polar surface area (TPSA) is 87.8 Å². The van der Waals surface area contributed by atoms with Gasteiger partial charge in [0.1, 0.15) is 11.5 Å². The number of carboxylic acids is 1. The SMILES string of the molecule is O=C(O)c1ccc(-c2ccc(/C=C3\SC(=O)N(Cc4ccc5ccccc5c4)C3=O)o2)cc1. The maximum atomic E-state index is 12.9. The quantitative estimate of drug-likeness (QED) is 0.370. The van der Waals surface area contributed by atoms with E-state index in [1.165, 1.54) is 17.0 Å². The summed E-state index contributed by atoms with van der Waals surface area (Å²) < 4.78 is 5.80. The van der Waals surface area contributed by atoms with E-state index >= 15 is 0 Å². The van der Waals surface area contributed by atoms with Gasteiger partial charge in [0, 0.05) is 11.6 Å². The molecule has 0 radical (unpaired) electrons. The number of benzene rings is 3. The van der Waals surface area contributed by atoms with Gasteiger partial charge in [-0.25, -0.2) is 4.79 Å². The highest BCUT2D eigenvalue weighted by Gasteiger charge is 2.35. The lowest BCUT2D eigenvalue weighted by Crippen LogP contribution is -2.27. The zero-order valence-electron chi connectivity index (χ0n) is 17.2. The number of rotatable bonds is 5. The number of furan rings is 1. The van der Waals surface area contributed by atoms with Gasteiger partial charge in [0.05, 0.1) is 17.0 Å². The second-order valence-electron chi connectivity index (χ2n) is 7.53. The van der Waals surface area contributed by atoms with Crippen molar-refractivity contribution in [2.45, 2.75) is 6.54 Å². The van der Waals surface area contributed by atoms with Crippen LogP contribution in [0.4, 0.5) is 4.79 Å². The number of aromatic carboxylic acids is 1. The van der Waals surface area contributed by atoms with Crippen molar-refractivity contribution in [2.75, 3.05) is 0 Å². The van der Waals surface area contributed by atoms with E-state index in [1.54, 1.807) is 30.3 Å². The summed E-state index contributed by atoms with van der Waals surface area (Å²) in [4.78, 5) is 37.9. The molecule has 1 saturated heterocycles. The number of hydrogen-bond acceptors (Lipinski definition) is 5. The number of imide groups is 1. The van der Waals surface area contributed by atoms with Crippen LogP contribution in [0.25, 0.3) is 28.2 Å². The van der Waals surface area contributed by atoms with Gasteiger partial charge in [-0.1, -0.05) is 48.5 Å². The first-order valence-corrected chi connectivity index (χ1v) is 11.0. The molecule has 7 heteroatoms. The number of amides is 2. The molecular formula is C26H17NO5S. The van der Waals surface area contributed by atoms with E-state index in [2.05, 4.69) is 0 Å². The highest BCUT2D eigenvalue weighted by atomic mass is 32.2. The molecule has 0 atom stereocenters. The van der Waals surface area contributed by atoms with E-state index in [0.29, 0.717) is 22.0 Å². The van der Waals surface area contributed by atoms with Gasteiger partial charge in [-0.05, 0) is 58.4 Å². The first-order chi connectivity index (χ1) is 16.0. The number of carbonyl (C=O) groups excluding carboxylic acids is 2. The van der Waals surface area contributed by atoms with Crippen molar-refractivity contribution in [1.82, 2.24) is 4.90 Å². The molecule has 2 amide bonds. The van der Waals surface area contributed by atoms with E-state index in [0.717, 1.165) is 28.1 Å². The first-order valence-electron chi connectivity index (χ1n) is 10.1. The Hall–Kier alpha value is -4.10. The molecule has 6 nitrogen and oxygen atoms in total. The number of fused-ring (bicyclic) bond motifs is 1. The summed E-state index contributed by atoms with van der Waals surface area (Å²) in [5.41, 5.74) is 1.78. The molecule has 5 rings (SSSR count). The molecule has 1 aliphatic rings. The summed E-state index contributed by atoms with van der Waals surface area (Å²) in [5, 5.41) is 10.8. The molecule has 0 saturated carbocycles. The zero-order valence-corrected chi connectivity index (χ0v) is 18.0. The predicted octanol–water partition coefficient (Wildman–Crippen LogP) is 6.03. The summed E-state index contributed by atoms with van der Waals surface area (Å²) in [6, 6.07) is 23.6. The Bertz CT molecular complexity index is 1430. The summed E-state index contributed by atoms with van der Waals surface area (Å²) in [6.45, 7) is 0.201. The van der Waals surface area contributed by atoms with E-state index in [-0.39, 0.29) is 23.3 Å². The van der Waals surface area contributed by atoms with Crippen molar-refractivity contribution < 1.29 is 23.9 Å². The number of nitrogens with zero attached hydrogens (tertiary/aromatic N) is 1. The fraction of sp³-hybridized carbons (Fsp3) is 0.0385. The molecule has 0 aliphatic carbocycles. The van der Waals surface area contributed by atoms with Crippen molar-refractivity contribution in [3.05, 3.63) is 101 Å². The average Bonchev–Trinajstić information content (AvgIpc) is 3.39. The van der Waals surface area contributed by atoms with Gasteiger partial charge in [-0.3, -0.25) is 14.5 Å². The van der Waals surface area contributed by atoms with E-state index in [1.807, 2.05) is 42.5 Å². The van der Waals surface area contributed by atoms with Crippen LogP contribution in [0, 0.1) is 0 Å². The largest absolute Gasteiger partial charge is 0.478 e. The molecule has 2 heterocycles. The molecule has 0 spiro atoms. The fourth-order valence-corrected chi connectivity index (χ4v) is 4.47. The molecule has 33 heavy (non-hydrogen) atoms. The Labute approximate surface area is 193 Å². The van der Waals surface area contributed by atoms with Crippen LogP contribution in [0.5, 0.6) is 0 Å². The van der Waals surface area contributed by atoms with Gasteiger partial charge < -0.3 is 9.52 Å². The lowest BCUT2D eigenvalue weighted by Gasteiger charge is -2.13. The van der Waals surface area contributed by atoms with Crippen LogP contribution in [0.2, 0.25) is 0 Å². The minimum atomic E-state index is -0.999. The monoisotopic (exact) mass is 455 g/mol. The van der Waals surface area contributed by atoms with Crippen LogP contribution < -0.4 is 0 Å². The Morgan fingerprint density at radius 3 is 2.45 bits per heavy atom. The summed E-state index contributed by atoms with van der Waals surface area (Å²) in [7, 11) is 0. The molecule has 162 valence electrons. The lowest BCUT2D eigenvalue weighted by atomic mass is 10.1. The van der Waals surface area contributed by atoms with Gasteiger partial charge in [0.25, 0.3) is 11.1 Å². The van der Waals surface area contributed by atoms with Gasteiger partial charge >= 0.3 is 5.97 Å². The Morgan fingerprint density at radius 2 is 1.70 bits per heavy atom. The molecule has 1 fully saturated rings. The molecular weight excluding hydrogens is 438 g/mol. The number of thioether (sulfide) groups is 1. The van der Waals surface area contributed by atoms with Crippen LogP contribution >= 0.6 is 11.8 Å². The lowest BCUT2D eigenvalue weighted by molar-refractivity contribution is -0.123. The van der Waals surface area contributed by atoms with Crippen molar-refractivity contribution in [3.63, 3.8) is 0 Å². The number of carbonyl (C=O) groups is 3. The van der Waals surface area contributed by atoms with Gasteiger partial charge in [-0.2, -0.15) is 0 Å². The van der Waals surface area contributed by atoms with Crippen LogP contribution in [0.15, 0.2) is 88.2 Å². The summed E-state index contributed by atoms with van der Waals surface area (Å²) in [6.07, 6.45) is 1.56. The van der Waals surface area contributed by atoms with Crippen molar-refractivity contribution in [2.24, 2.45) is 0 Å². The molecule has 0 bridgehead atoms. The van der Waals surface area contributed by atoms with Gasteiger partial charge in [0.2, 0.25) is 0 Å². The van der Waals surface area contributed by atoms with Crippen molar-refractivity contribution >= 4 is 45.7 Å². The molecule has 1 aliphatic heterocycles. The highest BCUT2D eigenvalue weighted by molar-refractivity contribution is 8.18. The fourth-order valence-electron chi connectivity index (χ4n) is 3.65. The van der Waals surface area contributed by atoms with Crippen LogP contribution in [0.1, 0.15) is 21.7 Å². The maximum absolute atomic E-state index is 12.9. The smallest absolute Gasteiger partial charge is 0.335 e. The molecule has 4 aromatic rings. The predicted molar refractivity (Wildman–Crippen MR) is 127 cm³/mol. The standard InChI is InChI=1S/C26H17NO5S/c28-24-23(14-21-11-12-22(32-21)18-7-9-19(10-8-18)25(29)30)33-26(31)27(24)15-16-5-6-17-3-1-2-4-20(17)13-16/h1-14H,15H2,(H,29,30)/b23-14-. The van der Waals surface area contributed by atoms with E-state index in [9.17, 15) is 14.4 Å².